The molecule has 0 spiro atoms. The summed E-state index contributed by atoms with van der Waals surface area (Å²) in [5.74, 6) is -0.351. The van der Waals surface area contributed by atoms with Crippen LogP contribution in [0.1, 0.15) is 18.1 Å². The third-order valence-corrected chi connectivity index (χ3v) is 5.60. The fourth-order valence-corrected chi connectivity index (χ4v) is 3.60. The van der Waals surface area contributed by atoms with Gasteiger partial charge in [0, 0.05) is 45.5 Å². The van der Waals surface area contributed by atoms with Gasteiger partial charge in [0.1, 0.15) is 5.82 Å². The molecule has 1 saturated heterocycles. The molecule has 2 aromatic rings. The van der Waals surface area contributed by atoms with E-state index < -0.39 is 0 Å². The van der Waals surface area contributed by atoms with Gasteiger partial charge < -0.3 is 10.2 Å². The summed E-state index contributed by atoms with van der Waals surface area (Å²) in [5, 5.41) is 2.78. The molecule has 2 aromatic carbocycles. The number of nitrogens with zero attached hydrogens (tertiary/aromatic N) is 3. The maximum Gasteiger partial charge on any atom is 0.238 e. The number of piperazine rings is 1. The molecule has 1 fully saturated rings. The van der Waals surface area contributed by atoms with Gasteiger partial charge in [-0.2, -0.15) is 0 Å². The number of benzene rings is 2. The van der Waals surface area contributed by atoms with Crippen molar-refractivity contribution in [3.8, 4) is 0 Å². The van der Waals surface area contributed by atoms with E-state index >= 15 is 0 Å². The van der Waals surface area contributed by atoms with Crippen molar-refractivity contribution < 1.29 is 14.0 Å². The van der Waals surface area contributed by atoms with E-state index in [0.717, 1.165) is 38.2 Å². The third-order valence-electron chi connectivity index (χ3n) is 5.60. The Morgan fingerprint density at radius 3 is 2.03 bits per heavy atom. The lowest BCUT2D eigenvalue weighted by atomic mass is 10.1. The minimum absolute atomic E-state index is 0.0991. The molecule has 1 heterocycles. The lowest BCUT2D eigenvalue weighted by molar-refractivity contribution is -0.132. The van der Waals surface area contributed by atoms with Gasteiger partial charge in [-0.1, -0.05) is 31.2 Å². The Labute approximate surface area is 183 Å². The van der Waals surface area contributed by atoms with Crippen LogP contribution in [-0.2, 0) is 22.6 Å². The standard InChI is InChI=1S/C24H31FN4O2/c1-3-19-4-6-20(7-5-19)16-27(2)24(31)18-29-14-12-28(13-15-29)17-23(30)26-22-10-8-21(25)9-11-22/h4-11H,3,12-18H2,1-2H3,(H,26,30). The molecule has 0 radical (unpaired) electrons. The minimum atomic E-state index is -0.330. The summed E-state index contributed by atoms with van der Waals surface area (Å²) in [5.41, 5.74) is 3.01. The van der Waals surface area contributed by atoms with E-state index in [2.05, 4.69) is 46.3 Å². The quantitative estimate of drug-likeness (QED) is 0.705. The lowest BCUT2D eigenvalue weighted by Crippen LogP contribution is -2.51. The molecule has 1 aliphatic heterocycles. The van der Waals surface area contributed by atoms with Crippen LogP contribution >= 0.6 is 0 Å². The summed E-state index contributed by atoms with van der Waals surface area (Å²) in [4.78, 5) is 30.8. The predicted molar refractivity (Wildman–Crippen MR) is 120 cm³/mol. The van der Waals surface area contributed by atoms with E-state index in [1.54, 1.807) is 17.0 Å². The van der Waals surface area contributed by atoms with E-state index in [1.165, 1.54) is 17.7 Å². The van der Waals surface area contributed by atoms with Gasteiger partial charge in [-0.3, -0.25) is 19.4 Å². The molecule has 2 amide bonds. The van der Waals surface area contributed by atoms with E-state index in [4.69, 9.17) is 0 Å². The molecular formula is C24H31FN4O2. The van der Waals surface area contributed by atoms with Gasteiger partial charge in [0.05, 0.1) is 13.1 Å². The zero-order valence-corrected chi connectivity index (χ0v) is 18.3. The number of nitrogens with one attached hydrogen (secondary N) is 1. The molecule has 166 valence electrons. The zero-order valence-electron chi connectivity index (χ0n) is 18.3. The Morgan fingerprint density at radius 2 is 1.45 bits per heavy atom. The average molecular weight is 427 g/mol. The van der Waals surface area contributed by atoms with Crippen LogP contribution in [0.4, 0.5) is 10.1 Å². The molecule has 0 atom stereocenters. The Morgan fingerprint density at radius 1 is 0.903 bits per heavy atom. The fraction of sp³-hybridized carbons (Fsp3) is 0.417. The van der Waals surface area contributed by atoms with Crippen molar-refractivity contribution in [1.29, 1.82) is 0 Å². The SMILES string of the molecule is CCc1ccc(CN(C)C(=O)CN2CCN(CC(=O)Nc3ccc(F)cc3)CC2)cc1. The maximum atomic E-state index is 13.0. The largest absolute Gasteiger partial charge is 0.340 e. The lowest BCUT2D eigenvalue weighted by Gasteiger charge is -2.34. The van der Waals surface area contributed by atoms with Gasteiger partial charge in [-0.15, -0.1) is 0 Å². The smallest absolute Gasteiger partial charge is 0.238 e. The van der Waals surface area contributed by atoms with Gasteiger partial charge in [-0.05, 0) is 41.8 Å². The third kappa shape index (κ3) is 7.15. The van der Waals surface area contributed by atoms with Gasteiger partial charge in [0.2, 0.25) is 11.8 Å². The first-order valence-electron chi connectivity index (χ1n) is 10.7. The highest BCUT2D eigenvalue weighted by atomic mass is 19.1. The second kappa shape index (κ2) is 11.0. The summed E-state index contributed by atoms with van der Waals surface area (Å²) in [6.45, 7) is 6.35. The number of carbonyl (C=O) groups excluding carboxylic acids is 2. The first kappa shape index (κ1) is 22.9. The van der Waals surface area contributed by atoms with Gasteiger partial charge in [0.15, 0.2) is 0 Å². The first-order chi connectivity index (χ1) is 14.9. The molecule has 0 unspecified atom stereocenters. The van der Waals surface area contributed by atoms with E-state index in [0.29, 0.717) is 18.8 Å². The van der Waals surface area contributed by atoms with Crippen molar-refractivity contribution >= 4 is 17.5 Å². The molecule has 1 N–H and O–H groups in total. The van der Waals surface area contributed by atoms with Crippen molar-refractivity contribution in [2.24, 2.45) is 0 Å². The number of amides is 2. The number of likely N-dealkylation sites (N-methyl/N-ethyl adjacent to an activating group) is 1. The monoisotopic (exact) mass is 426 g/mol. The van der Waals surface area contributed by atoms with E-state index in [1.807, 2.05) is 7.05 Å². The van der Waals surface area contributed by atoms with Crippen LogP contribution < -0.4 is 5.32 Å². The van der Waals surface area contributed by atoms with Crippen molar-refractivity contribution in [3.05, 3.63) is 65.5 Å². The topological polar surface area (TPSA) is 55.9 Å². The molecule has 0 aliphatic carbocycles. The molecular weight excluding hydrogens is 395 g/mol. The van der Waals surface area contributed by atoms with Crippen LogP contribution in [0.3, 0.4) is 0 Å². The Bertz CT molecular complexity index is 862. The second-order valence-electron chi connectivity index (χ2n) is 8.03. The van der Waals surface area contributed by atoms with Crippen LogP contribution in [0.5, 0.6) is 0 Å². The first-order valence-corrected chi connectivity index (χ1v) is 10.7. The van der Waals surface area contributed by atoms with Gasteiger partial charge in [0.25, 0.3) is 0 Å². The Kier molecular flexibility index (Phi) is 8.14. The van der Waals surface area contributed by atoms with Crippen molar-refractivity contribution in [2.45, 2.75) is 19.9 Å². The number of hydrogen-bond donors (Lipinski definition) is 1. The van der Waals surface area contributed by atoms with Crippen molar-refractivity contribution in [2.75, 3.05) is 51.6 Å². The van der Waals surface area contributed by atoms with Crippen molar-refractivity contribution in [3.63, 3.8) is 0 Å². The Hall–Kier alpha value is -2.77. The normalized spacial score (nSPS) is 14.9. The fourth-order valence-electron chi connectivity index (χ4n) is 3.60. The van der Waals surface area contributed by atoms with Crippen LogP contribution in [0.15, 0.2) is 48.5 Å². The molecule has 0 aromatic heterocycles. The summed E-state index contributed by atoms with van der Waals surface area (Å²) < 4.78 is 13.0. The predicted octanol–water partition coefficient (Wildman–Crippen LogP) is 2.60. The van der Waals surface area contributed by atoms with Crippen LogP contribution in [0, 0.1) is 5.82 Å². The number of halogens is 1. The van der Waals surface area contributed by atoms with E-state index in [9.17, 15) is 14.0 Å². The molecule has 6 nitrogen and oxygen atoms in total. The molecule has 3 rings (SSSR count). The van der Waals surface area contributed by atoms with Crippen LogP contribution in [0.25, 0.3) is 0 Å². The maximum absolute atomic E-state index is 13.0. The highest BCUT2D eigenvalue weighted by molar-refractivity contribution is 5.92. The van der Waals surface area contributed by atoms with Gasteiger partial charge >= 0.3 is 0 Å². The minimum Gasteiger partial charge on any atom is -0.340 e. The molecule has 31 heavy (non-hydrogen) atoms. The number of hydrogen-bond acceptors (Lipinski definition) is 4. The summed E-state index contributed by atoms with van der Waals surface area (Å²) in [7, 11) is 1.84. The number of rotatable bonds is 8. The molecule has 0 saturated carbocycles. The summed E-state index contributed by atoms with van der Waals surface area (Å²) in [6, 6.07) is 14.1. The van der Waals surface area contributed by atoms with Crippen LogP contribution in [-0.4, -0.2) is 72.8 Å². The van der Waals surface area contributed by atoms with Gasteiger partial charge in [-0.25, -0.2) is 4.39 Å². The summed E-state index contributed by atoms with van der Waals surface area (Å²) >= 11 is 0. The second-order valence-corrected chi connectivity index (χ2v) is 8.03. The highest BCUT2D eigenvalue weighted by Gasteiger charge is 2.22. The molecule has 0 bridgehead atoms. The molecule has 7 heteroatoms. The summed E-state index contributed by atoms with van der Waals surface area (Å²) in [6.07, 6.45) is 1.01. The van der Waals surface area contributed by atoms with E-state index in [-0.39, 0.29) is 24.2 Å². The number of aryl methyl sites for hydroxylation is 1. The number of anilines is 1. The zero-order chi connectivity index (χ0) is 22.2. The number of carbonyl (C=O) groups is 2. The van der Waals surface area contributed by atoms with Crippen LogP contribution in [0.2, 0.25) is 0 Å². The molecule has 1 aliphatic rings. The average Bonchev–Trinajstić information content (AvgIpc) is 2.77. The van der Waals surface area contributed by atoms with Crippen molar-refractivity contribution in [1.82, 2.24) is 14.7 Å². The Balaban J connectivity index is 1.38. The highest BCUT2D eigenvalue weighted by Crippen LogP contribution is 2.10.